The zero-order chi connectivity index (χ0) is 16.4. The van der Waals surface area contributed by atoms with E-state index in [4.69, 9.17) is 0 Å². The highest BCUT2D eigenvalue weighted by Crippen LogP contribution is 2.32. The predicted molar refractivity (Wildman–Crippen MR) is 90.0 cm³/mol. The van der Waals surface area contributed by atoms with E-state index in [1.165, 1.54) is 6.07 Å². The molecule has 2 aliphatic rings. The van der Waals surface area contributed by atoms with E-state index < -0.39 is 0 Å². The Labute approximate surface area is 137 Å². The zero-order valence-electron chi connectivity index (χ0n) is 14.0. The Morgan fingerprint density at radius 1 is 1.30 bits per heavy atom. The molecule has 0 radical (unpaired) electrons. The van der Waals surface area contributed by atoms with Crippen LogP contribution in [0.15, 0.2) is 18.2 Å². The number of carbonyl (C=O) groups is 1. The van der Waals surface area contributed by atoms with Crippen molar-refractivity contribution < 1.29 is 9.18 Å². The standard InChI is InChI=1S/C18H26FN3O/c1-3-21-8-10-22(11-9-21)17-7-6-15(19)12-16(17)13(2)20-18(23)14-4-5-14/h6-7,12-14H,3-5,8-11H2,1-2H3,(H,20,23)/t13-/m0/s1. The number of hydrogen-bond acceptors (Lipinski definition) is 3. The Bertz CT molecular complexity index is 565. The summed E-state index contributed by atoms with van der Waals surface area (Å²) in [4.78, 5) is 16.7. The van der Waals surface area contributed by atoms with Crippen LogP contribution in [0.5, 0.6) is 0 Å². The second-order valence-corrected chi connectivity index (χ2v) is 6.63. The lowest BCUT2D eigenvalue weighted by molar-refractivity contribution is -0.122. The average Bonchev–Trinajstić information content (AvgIpc) is 3.40. The lowest BCUT2D eigenvalue weighted by Gasteiger charge is -2.37. The first kappa shape index (κ1) is 16.2. The van der Waals surface area contributed by atoms with Gasteiger partial charge in [-0.1, -0.05) is 6.92 Å². The van der Waals surface area contributed by atoms with Gasteiger partial charge in [0.05, 0.1) is 6.04 Å². The Kier molecular flexibility index (Phi) is 4.85. The average molecular weight is 319 g/mol. The molecule has 1 aliphatic heterocycles. The van der Waals surface area contributed by atoms with E-state index in [9.17, 15) is 9.18 Å². The number of nitrogens with zero attached hydrogens (tertiary/aromatic N) is 2. The van der Waals surface area contributed by atoms with E-state index in [0.29, 0.717) is 0 Å². The second kappa shape index (κ2) is 6.87. The number of nitrogens with one attached hydrogen (secondary N) is 1. The van der Waals surface area contributed by atoms with Crippen molar-refractivity contribution in [1.29, 1.82) is 0 Å². The van der Waals surface area contributed by atoms with Crippen LogP contribution in [0.1, 0.15) is 38.3 Å². The normalized spacial score (nSPS) is 20.4. The predicted octanol–water partition coefficient (Wildman–Crippen LogP) is 2.55. The number of rotatable bonds is 5. The Morgan fingerprint density at radius 3 is 2.61 bits per heavy atom. The minimum Gasteiger partial charge on any atom is -0.369 e. The first-order valence-electron chi connectivity index (χ1n) is 8.65. The fourth-order valence-electron chi connectivity index (χ4n) is 3.22. The summed E-state index contributed by atoms with van der Waals surface area (Å²) in [7, 11) is 0. The van der Waals surface area contributed by atoms with Crippen molar-refractivity contribution in [2.75, 3.05) is 37.6 Å². The smallest absolute Gasteiger partial charge is 0.223 e. The van der Waals surface area contributed by atoms with Crippen molar-refractivity contribution >= 4 is 11.6 Å². The minimum atomic E-state index is -0.247. The number of likely N-dealkylation sites (N-methyl/N-ethyl adjacent to an activating group) is 1. The Hall–Kier alpha value is -1.62. The van der Waals surface area contributed by atoms with E-state index in [1.54, 1.807) is 6.07 Å². The van der Waals surface area contributed by atoms with Crippen molar-refractivity contribution in [3.8, 4) is 0 Å². The molecule has 0 aromatic heterocycles. The summed E-state index contributed by atoms with van der Waals surface area (Å²) in [6, 6.07) is 4.77. The van der Waals surface area contributed by atoms with Crippen LogP contribution in [0.25, 0.3) is 0 Å². The highest BCUT2D eigenvalue weighted by Gasteiger charge is 2.31. The number of benzene rings is 1. The van der Waals surface area contributed by atoms with Gasteiger partial charge in [0.1, 0.15) is 5.82 Å². The molecular formula is C18H26FN3O. The highest BCUT2D eigenvalue weighted by atomic mass is 19.1. The summed E-state index contributed by atoms with van der Waals surface area (Å²) in [5, 5.41) is 3.04. The van der Waals surface area contributed by atoms with E-state index in [-0.39, 0.29) is 23.7 Å². The molecule has 0 bridgehead atoms. The summed E-state index contributed by atoms with van der Waals surface area (Å²) in [5.41, 5.74) is 1.93. The van der Waals surface area contributed by atoms with E-state index in [0.717, 1.165) is 56.8 Å². The maximum Gasteiger partial charge on any atom is 0.223 e. The van der Waals surface area contributed by atoms with Gasteiger partial charge >= 0.3 is 0 Å². The summed E-state index contributed by atoms with van der Waals surface area (Å²) >= 11 is 0. The van der Waals surface area contributed by atoms with Gasteiger partial charge < -0.3 is 15.1 Å². The largest absolute Gasteiger partial charge is 0.369 e. The molecule has 1 aromatic carbocycles. The summed E-state index contributed by atoms with van der Waals surface area (Å²) < 4.78 is 13.8. The zero-order valence-corrected chi connectivity index (χ0v) is 14.0. The van der Waals surface area contributed by atoms with Crippen LogP contribution in [0.2, 0.25) is 0 Å². The third-order valence-electron chi connectivity index (χ3n) is 4.92. The lowest BCUT2D eigenvalue weighted by Crippen LogP contribution is -2.46. The quantitative estimate of drug-likeness (QED) is 0.906. The van der Waals surface area contributed by atoms with Gasteiger partial charge in [0, 0.05) is 43.3 Å². The first-order valence-corrected chi connectivity index (χ1v) is 8.65. The molecule has 0 unspecified atom stereocenters. The molecule has 1 saturated carbocycles. The maximum atomic E-state index is 13.8. The molecule has 1 aromatic rings. The van der Waals surface area contributed by atoms with Crippen molar-refractivity contribution in [3.05, 3.63) is 29.6 Å². The monoisotopic (exact) mass is 319 g/mol. The molecule has 1 N–H and O–H groups in total. The Balaban J connectivity index is 1.75. The van der Waals surface area contributed by atoms with Crippen LogP contribution < -0.4 is 10.2 Å². The third-order valence-corrected chi connectivity index (χ3v) is 4.92. The number of halogens is 1. The van der Waals surface area contributed by atoms with Crippen molar-refractivity contribution in [3.63, 3.8) is 0 Å². The van der Waals surface area contributed by atoms with Crippen LogP contribution in [0, 0.1) is 11.7 Å². The van der Waals surface area contributed by atoms with Crippen LogP contribution in [0.4, 0.5) is 10.1 Å². The fourth-order valence-corrected chi connectivity index (χ4v) is 3.22. The van der Waals surface area contributed by atoms with Gasteiger partial charge in [0.25, 0.3) is 0 Å². The van der Waals surface area contributed by atoms with Gasteiger partial charge in [-0.2, -0.15) is 0 Å². The third kappa shape index (κ3) is 3.83. The van der Waals surface area contributed by atoms with Gasteiger partial charge in [0.15, 0.2) is 0 Å². The Morgan fingerprint density at radius 2 is 2.00 bits per heavy atom. The van der Waals surface area contributed by atoms with E-state index >= 15 is 0 Å². The molecule has 1 heterocycles. The summed E-state index contributed by atoms with van der Waals surface area (Å²) in [6.07, 6.45) is 1.96. The van der Waals surface area contributed by atoms with E-state index in [1.807, 2.05) is 13.0 Å². The first-order chi connectivity index (χ1) is 11.1. The van der Waals surface area contributed by atoms with Crippen LogP contribution in [-0.2, 0) is 4.79 Å². The second-order valence-electron chi connectivity index (χ2n) is 6.63. The molecule has 1 atom stereocenters. The topological polar surface area (TPSA) is 35.6 Å². The van der Waals surface area contributed by atoms with Gasteiger partial charge in [0.2, 0.25) is 5.91 Å². The number of piperazine rings is 1. The molecule has 23 heavy (non-hydrogen) atoms. The van der Waals surface area contributed by atoms with Gasteiger partial charge in [-0.3, -0.25) is 4.79 Å². The molecule has 1 amide bonds. The molecule has 5 heteroatoms. The number of carbonyl (C=O) groups excluding carboxylic acids is 1. The molecule has 1 aliphatic carbocycles. The molecular weight excluding hydrogens is 293 g/mol. The van der Waals surface area contributed by atoms with Gasteiger partial charge in [-0.05, 0) is 44.5 Å². The molecule has 3 rings (SSSR count). The highest BCUT2D eigenvalue weighted by molar-refractivity contribution is 5.81. The van der Waals surface area contributed by atoms with Crippen LogP contribution >= 0.6 is 0 Å². The SMILES string of the molecule is CCN1CCN(c2ccc(F)cc2[C@H](C)NC(=O)C2CC2)CC1. The number of hydrogen-bond donors (Lipinski definition) is 1. The van der Waals surface area contributed by atoms with Gasteiger partial charge in [-0.15, -0.1) is 0 Å². The molecule has 1 saturated heterocycles. The maximum absolute atomic E-state index is 13.8. The lowest BCUT2D eigenvalue weighted by atomic mass is 10.0. The van der Waals surface area contributed by atoms with Gasteiger partial charge in [-0.25, -0.2) is 4.39 Å². The minimum absolute atomic E-state index is 0.100. The summed E-state index contributed by atoms with van der Waals surface area (Å²) in [5.74, 6) is 0.0227. The molecule has 2 fully saturated rings. The van der Waals surface area contributed by atoms with Crippen molar-refractivity contribution in [1.82, 2.24) is 10.2 Å². The van der Waals surface area contributed by atoms with Crippen LogP contribution in [-0.4, -0.2) is 43.5 Å². The van der Waals surface area contributed by atoms with E-state index in [2.05, 4.69) is 22.0 Å². The molecule has 126 valence electrons. The van der Waals surface area contributed by atoms with Crippen LogP contribution in [0.3, 0.4) is 0 Å². The summed E-state index contributed by atoms with van der Waals surface area (Å²) in [6.45, 7) is 9.12. The fraction of sp³-hybridized carbons (Fsp3) is 0.611. The molecule has 4 nitrogen and oxygen atoms in total. The number of amides is 1. The molecule has 0 spiro atoms. The van der Waals surface area contributed by atoms with Crippen molar-refractivity contribution in [2.24, 2.45) is 5.92 Å². The van der Waals surface area contributed by atoms with Crippen molar-refractivity contribution in [2.45, 2.75) is 32.7 Å². The number of anilines is 1.